The largest absolute Gasteiger partial charge is 0.276 e. The van der Waals surface area contributed by atoms with Gasteiger partial charge in [-0.1, -0.05) is 0 Å². The van der Waals surface area contributed by atoms with Crippen molar-refractivity contribution in [1.82, 2.24) is 0 Å². The number of hydrogen-bond donors (Lipinski definition) is 0. The molecule has 1 amide bonds. The molecule has 0 spiro atoms. The fraction of sp³-hybridized carbons (Fsp3) is 0. The van der Waals surface area contributed by atoms with Gasteiger partial charge < -0.3 is 0 Å². The second-order valence-corrected chi connectivity index (χ2v) is 1.38. The van der Waals surface area contributed by atoms with E-state index in [1.807, 2.05) is 0 Å². The second-order valence-electron chi connectivity index (χ2n) is 0.475. The first kappa shape index (κ1) is 5.92. The summed E-state index contributed by atoms with van der Waals surface area (Å²) in [6.45, 7) is 0. The fourth-order valence-corrected chi connectivity index (χ4v) is 0.120. The predicted octanol–water partition coefficient (Wildman–Crippen LogP) is 0.976. The number of amides is 1. The van der Waals surface area contributed by atoms with Crippen LogP contribution < -0.4 is 0 Å². The minimum absolute atomic E-state index is 0.259. The lowest BCUT2D eigenvalue weighted by molar-refractivity contribution is -0.106. The van der Waals surface area contributed by atoms with Crippen molar-refractivity contribution in [2.24, 2.45) is 4.99 Å². The van der Waals surface area contributed by atoms with Crippen LogP contribution in [0.3, 0.4) is 0 Å². The maximum atomic E-state index is 9.26. The lowest BCUT2D eigenvalue weighted by Gasteiger charge is -1.66. The maximum Gasteiger partial charge on any atom is 0.235 e. The van der Waals surface area contributed by atoms with Crippen LogP contribution in [-0.4, -0.2) is 11.0 Å². The lowest BCUT2D eigenvalue weighted by atomic mass is 11.3. The van der Waals surface area contributed by atoms with Gasteiger partial charge in [-0.2, -0.15) is 4.99 Å². The van der Waals surface area contributed by atoms with Gasteiger partial charge in [0, 0.05) is 0 Å². The summed E-state index contributed by atoms with van der Waals surface area (Å²) >= 11 is 9.72. The number of halogens is 2. The highest BCUT2D eigenvalue weighted by molar-refractivity contribution is 6.95. The molecular weight excluding hydrogens is 125 g/mol. The van der Waals surface area contributed by atoms with Crippen LogP contribution in [0.25, 0.3) is 0 Å². The molecule has 0 aliphatic heterocycles. The number of nitrogens with zero attached hydrogens (tertiary/aromatic N) is 1. The van der Waals surface area contributed by atoms with Gasteiger partial charge in [0.1, 0.15) is 0 Å². The van der Waals surface area contributed by atoms with Gasteiger partial charge in [0.05, 0.1) is 0 Å². The first-order valence-electron chi connectivity index (χ1n) is 1.10. The molecule has 0 N–H and O–H groups in total. The van der Waals surface area contributed by atoms with Crippen LogP contribution in [0.1, 0.15) is 0 Å². The summed E-state index contributed by atoms with van der Waals surface area (Å²) in [7, 11) is 0. The van der Waals surface area contributed by atoms with Gasteiger partial charge in [-0.15, -0.1) is 0 Å². The maximum absolute atomic E-state index is 9.26. The normalized spacial score (nSPS) is 7.00. The third-order valence-corrected chi connectivity index (χ3v) is 0.345. The minimum atomic E-state index is -0.259. The second kappa shape index (κ2) is 3.12. The van der Waals surface area contributed by atoms with Crippen LogP contribution in [0.5, 0.6) is 0 Å². The Morgan fingerprint density at radius 2 is 2.17 bits per heavy atom. The van der Waals surface area contributed by atoms with Crippen molar-refractivity contribution in [3.63, 3.8) is 0 Å². The number of carbonyl (C=O) groups excluding carboxylic acids is 1. The Labute approximate surface area is 44.8 Å². The highest BCUT2D eigenvalue weighted by Gasteiger charge is 1.75. The Morgan fingerprint density at radius 1 is 1.67 bits per heavy atom. The SMILES string of the molecule is O=CN=C(Cl)Cl. The quantitative estimate of drug-likeness (QED) is 0.380. The number of rotatable bonds is 1. The summed E-state index contributed by atoms with van der Waals surface area (Å²) in [6, 6.07) is 0. The van der Waals surface area contributed by atoms with E-state index in [4.69, 9.17) is 23.2 Å². The molecule has 0 aromatic rings. The fourth-order valence-electron chi connectivity index (χ4n) is 0.0398. The summed E-state index contributed by atoms with van der Waals surface area (Å²) in [5.74, 6) is 0. The van der Waals surface area contributed by atoms with E-state index in [0.29, 0.717) is 0 Å². The van der Waals surface area contributed by atoms with Gasteiger partial charge in [0.2, 0.25) is 6.41 Å². The molecule has 2 nitrogen and oxygen atoms in total. The summed E-state index contributed by atoms with van der Waals surface area (Å²) in [5.41, 5.74) is 0. The molecule has 0 fully saturated rings. The molecular formula is C2HCl2NO. The molecule has 0 aromatic carbocycles. The third kappa shape index (κ3) is 3.92. The molecule has 0 heterocycles. The lowest BCUT2D eigenvalue weighted by Crippen LogP contribution is -1.67. The molecule has 6 heavy (non-hydrogen) atoms. The topological polar surface area (TPSA) is 29.4 Å². The van der Waals surface area contributed by atoms with Gasteiger partial charge >= 0.3 is 0 Å². The predicted molar refractivity (Wildman–Crippen MR) is 25.2 cm³/mol. The molecule has 0 aliphatic carbocycles. The zero-order valence-electron chi connectivity index (χ0n) is 2.69. The van der Waals surface area contributed by atoms with Gasteiger partial charge in [0.25, 0.3) is 0 Å². The molecule has 0 radical (unpaired) electrons. The van der Waals surface area contributed by atoms with Gasteiger partial charge in [0.15, 0.2) is 4.63 Å². The Balaban J connectivity index is 3.41. The average molecular weight is 126 g/mol. The van der Waals surface area contributed by atoms with Gasteiger partial charge in [-0.3, -0.25) is 4.79 Å². The average Bonchev–Trinajstić information content (AvgIpc) is 1.35. The number of carbonyl (C=O) groups is 1. The van der Waals surface area contributed by atoms with E-state index in [-0.39, 0.29) is 11.0 Å². The highest BCUT2D eigenvalue weighted by atomic mass is 35.5. The monoisotopic (exact) mass is 125 g/mol. The first-order chi connectivity index (χ1) is 2.77. The molecule has 0 unspecified atom stereocenters. The van der Waals surface area contributed by atoms with E-state index in [2.05, 4.69) is 4.99 Å². The standard InChI is InChI=1S/C2HCl2NO/c3-2(4)5-1-6/h1H. The molecule has 0 rings (SSSR count). The molecule has 0 atom stereocenters. The van der Waals surface area contributed by atoms with E-state index in [9.17, 15) is 4.79 Å². The third-order valence-electron chi connectivity index (χ3n) is 0.150. The Bertz CT molecular complexity index is 75.6. The first-order valence-corrected chi connectivity index (χ1v) is 1.85. The van der Waals surface area contributed by atoms with Crippen LogP contribution in [0.4, 0.5) is 0 Å². The van der Waals surface area contributed by atoms with Crippen molar-refractivity contribution in [2.45, 2.75) is 0 Å². The molecule has 0 saturated heterocycles. The summed E-state index contributed by atoms with van der Waals surface area (Å²) in [4.78, 5) is 12.2. The van der Waals surface area contributed by atoms with Crippen molar-refractivity contribution < 1.29 is 4.79 Å². The van der Waals surface area contributed by atoms with E-state index >= 15 is 0 Å². The van der Waals surface area contributed by atoms with Crippen LogP contribution in [-0.2, 0) is 4.79 Å². The molecule has 34 valence electrons. The molecule has 0 bridgehead atoms. The number of hydrogen-bond acceptors (Lipinski definition) is 1. The van der Waals surface area contributed by atoms with Gasteiger partial charge in [-0.25, -0.2) is 0 Å². The van der Waals surface area contributed by atoms with Crippen molar-refractivity contribution in [3.05, 3.63) is 0 Å². The Hall–Kier alpha value is -0.0800. The summed E-state index contributed by atoms with van der Waals surface area (Å²) in [5, 5.41) is 0. The molecule has 0 aromatic heterocycles. The molecule has 4 heteroatoms. The summed E-state index contributed by atoms with van der Waals surface area (Å²) < 4.78 is -0.259. The molecule has 0 saturated carbocycles. The Morgan fingerprint density at radius 3 is 2.17 bits per heavy atom. The van der Waals surface area contributed by atoms with E-state index in [0.717, 1.165) is 0 Å². The summed E-state index contributed by atoms with van der Waals surface area (Å²) in [6.07, 6.45) is 0.273. The van der Waals surface area contributed by atoms with E-state index in [1.165, 1.54) is 0 Å². The molecule has 0 aliphatic rings. The van der Waals surface area contributed by atoms with E-state index in [1.54, 1.807) is 0 Å². The van der Waals surface area contributed by atoms with Crippen molar-refractivity contribution >= 4 is 34.2 Å². The van der Waals surface area contributed by atoms with Crippen LogP contribution in [0.2, 0.25) is 0 Å². The van der Waals surface area contributed by atoms with Gasteiger partial charge in [-0.05, 0) is 23.2 Å². The zero-order valence-corrected chi connectivity index (χ0v) is 4.20. The van der Waals surface area contributed by atoms with Crippen LogP contribution >= 0.6 is 23.2 Å². The number of aliphatic imine (C=N–C) groups is 1. The smallest absolute Gasteiger partial charge is 0.235 e. The van der Waals surface area contributed by atoms with Crippen LogP contribution in [0, 0.1) is 0 Å². The van der Waals surface area contributed by atoms with Crippen molar-refractivity contribution in [2.75, 3.05) is 0 Å². The van der Waals surface area contributed by atoms with Crippen molar-refractivity contribution in [3.8, 4) is 0 Å². The van der Waals surface area contributed by atoms with Crippen molar-refractivity contribution in [1.29, 1.82) is 0 Å². The highest BCUT2D eigenvalue weighted by Crippen LogP contribution is 1.86. The Kier molecular flexibility index (Phi) is 3.08. The minimum Gasteiger partial charge on any atom is -0.276 e. The zero-order chi connectivity index (χ0) is 4.99. The van der Waals surface area contributed by atoms with E-state index < -0.39 is 0 Å². The van der Waals surface area contributed by atoms with Crippen LogP contribution in [0.15, 0.2) is 4.99 Å².